The molecule has 0 aliphatic carbocycles. The van der Waals surface area contributed by atoms with E-state index in [2.05, 4.69) is 11.6 Å². The highest BCUT2D eigenvalue weighted by molar-refractivity contribution is 7.99. The van der Waals surface area contributed by atoms with Crippen LogP contribution in [0.1, 0.15) is 57.1 Å². The average Bonchev–Trinajstić information content (AvgIpc) is 3.46. The van der Waals surface area contributed by atoms with Crippen LogP contribution < -0.4 is 4.74 Å². The van der Waals surface area contributed by atoms with Gasteiger partial charge in [0.2, 0.25) is 0 Å². The van der Waals surface area contributed by atoms with Gasteiger partial charge in [0.1, 0.15) is 16.5 Å². The Hall–Kier alpha value is -3.17. The summed E-state index contributed by atoms with van der Waals surface area (Å²) in [6, 6.07) is 11.5. The second kappa shape index (κ2) is 13.1. The van der Waals surface area contributed by atoms with Crippen LogP contribution in [0.4, 0.5) is 0 Å². The smallest absolute Gasteiger partial charge is 0.273 e. The number of benzene rings is 1. The van der Waals surface area contributed by atoms with Crippen molar-refractivity contribution in [3.63, 3.8) is 0 Å². The predicted molar refractivity (Wildman–Crippen MR) is 153 cm³/mol. The first-order valence-corrected chi connectivity index (χ1v) is 14.6. The molecule has 2 amide bonds. The van der Waals surface area contributed by atoms with Gasteiger partial charge in [0.15, 0.2) is 0 Å². The minimum atomic E-state index is -0.0800. The number of aromatic nitrogens is 2. The third-order valence-corrected chi connectivity index (χ3v) is 8.91. The number of likely N-dealkylation sites (N-methyl/N-ethyl adjacent to an activating group) is 1. The molecule has 3 heterocycles. The van der Waals surface area contributed by atoms with Gasteiger partial charge in [0.25, 0.3) is 11.8 Å². The van der Waals surface area contributed by atoms with Crippen molar-refractivity contribution < 1.29 is 14.3 Å². The number of rotatable bonds is 10. The lowest BCUT2D eigenvalue weighted by molar-refractivity contribution is 0.0708. The van der Waals surface area contributed by atoms with E-state index in [-0.39, 0.29) is 23.8 Å². The number of piperidine rings is 1. The van der Waals surface area contributed by atoms with E-state index >= 15 is 0 Å². The second-order valence-electron chi connectivity index (χ2n) is 9.37. The summed E-state index contributed by atoms with van der Waals surface area (Å²) in [4.78, 5) is 39.2. The fraction of sp³-hybridized carbons (Fsp3) is 0.379. The third kappa shape index (κ3) is 6.45. The largest absolute Gasteiger partial charge is 0.496 e. The van der Waals surface area contributed by atoms with Crippen LogP contribution in [0.3, 0.4) is 0 Å². The minimum absolute atomic E-state index is 0.0137. The number of para-hydroxylation sites is 1. The molecule has 2 aromatic heterocycles. The molecule has 38 heavy (non-hydrogen) atoms. The molecule has 1 aliphatic rings. The molecule has 1 unspecified atom stereocenters. The summed E-state index contributed by atoms with van der Waals surface area (Å²) < 4.78 is 5.46. The van der Waals surface area contributed by atoms with Crippen LogP contribution >= 0.6 is 23.1 Å². The first kappa shape index (κ1) is 27.9. The van der Waals surface area contributed by atoms with Crippen molar-refractivity contribution >= 4 is 34.9 Å². The van der Waals surface area contributed by atoms with Crippen LogP contribution in [0.2, 0.25) is 0 Å². The Bertz CT molecular complexity index is 1270. The van der Waals surface area contributed by atoms with E-state index in [4.69, 9.17) is 9.72 Å². The van der Waals surface area contributed by atoms with Gasteiger partial charge in [-0.15, -0.1) is 29.7 Å². The molecule has 0 radical (unpaired) electrons. The minimum Gasteiger partial charge on any atom is -0.496 e. The van der Waals surface area contributed by atoms with E-state index in [1.807, 2.05) is 60.7 Å². The molecular formula is C29H34N4O3S2. The number of likely N-dealkylation sites (tertiary alicyclic amines) is 1. The molecule has 1 aliphatic heterocycles. The Labute approximate surface area is 232 Å². The Kier molecular flexibility index (Phi) is 9.58. The molecule has 9 heteroatoms. The Morgan fingerprint density at radius 3 is 2.76 bits per heavy atom. The fourth-order valence-electron chi connectivity index (χ4n) is 4.59. The molecule has 0 saturated carbocycles. The first-order valence-electron chi connectivity index (χ1n) is 12.7. The molecule has 200 valence electrons. The highest BCUT2D eigenvalue weighted by Crippen LogP contribution is 2.32. The number of ether oxygens (including phenoxy) is 1. The van der Waals surface area contributed by atoms with Crippen molar-refractivity contribution in [2.75, 3.05) is 33.0 Å². The number of nitrogens with zero attached hydrogens (tertiary/aromatic N) is 4. The van der Waals surface area contributed by atoms with Gasteiger partial charge >= 0.3 is 0 Å². The van der Waals surface area contributed by atoms with Crippen LogP contribution in [0, 0.1) is 0 Å². The molecule has 0 N–H and O–H groups in total. The molecule has 0 spiro atoms. The van der Waals surface area contributed by atoms with Crippen LogP contribution in [-0.2, 0) is 6.42 Å². The van der Waals surface area contributed by atoms with Crippen molar-refractivity contribution in [2.45, 2.75) is 43.2 Å². The lowest BCUT2D eigenvalue weighted by Gasteiger charge is -2.31. The Morgan fingerprint density at radius 2 is 2.03 bits per heavy atom. The zero-order chi connectivity index (χ0) is 27.1. The van der Waals surface area contributed by atoms with E-state index in [0.717, 1.165) is 34.2 Å². The van der Waals surface area contributed by atoms with Gasteiger partial charge in [-0.3, -0.25) is 9.59 Å². The third-order valence-electron chi connectivity index (χ3n) is 6.90. The zero-order valence-electron chi connectivity index (χ0n) is 22.1. The fourth-order valence-corrected chi connectivity index (χ4v) is 6.27. The zero-order valence-corrected chi connectivity index (χ0v) is 23.8. The number of hydrogen-bond donors (Lipinski definition) is 0. The summed E-state index contributed by atoms with van der Waals surface area (Å²) in [6.07, 6.45) is 5.86. The van der Waals surface area contributed by atoms with E-state index in [1.54, 1.807) is 24.3 Å². The van der Waals surface area contributed by atoms with Crippen LogP contribution in [0.5, 0.6) is 5.75 Å². The molecule has 4 rings (SSSR count). The van der Waals surface area contributed by atoms with Gasteiger partial charge in [-0.25, -0.2) is 9.97 Å². The Morgan fingerprint density at radius 1 is 1.26 bits per heavy atom. The van der Waals surface area contributed by atoms with E-state index in [1.165, 1.54) is 23.1 Å². The van der Waals surface area contributed by atoms with Crippen molar-refractivity contribution in [1.82, 2.24) is 19.8 Å². The standard InChI is InChI=1S/C29H34N4O3S2/c1-5-17-37-27-23(10-8-14-30-27)28(34)33-15-12-21(13-16-33)26-31-24(19-38-26)29(35)32(3)20(2)18-22-9-6-7-11-25(22)36-4/h5-11,14,19-21H,1,12-13,15-18H2,2-4H3. The molecule has 7 nitrogen and oxygen atoms in total. The van der Waals surface area contributed by atoms with E-state index < -0.39 is 0 Å². The first-order chi connectivity index (χ1) is 18.4. The summed E-state index contributed by atoms with van der Waals surface area (Å²) >= 11 is 3.06. The lowest BCUT2D eigenvalue weighted by atomic mass is 9.97. The quantitative estimate of drug-likeness (QED) is 0.243. The predicted octanol–water partition coefficient (Wildman–Crippen LogP) is 5.55. The number of carbonyl (C=O) groups is 2. The van der Waals surface area contributed by atoms with Gasteiger partial charge in [-0.2, -0.15) is 0 Å². The number of methoxy groups -OCH3 is 1. The molecular weight excluding hydrogens is 516 g/mol. The molecule has 3 aromatic rings. The SMILES string of the molecule is C=CCSc1ncccc1C(=O)N1CCC(c2nc(C(=O)N(C)C(C)Cc3ccccc3OC)cs2)CC1. The average molecular weight is 551 g/mol. The molecule has 1 saturated heterocycles. The summed E-state index contributed by atoms with van der Waals surface area (Å²) in [7, 11) is 3.49. The molecule has 1 atom stereocenters. The maximum Gasteiger partial charge on any atom is 0.273 e. The number of carbonyl (C=O) groups excluding carboxylic acids is 2. The van der Waals surface area contributed by atoms with Gasteiger partial charge in [-0.05, 0) is 49.9 Å². The van der Waals surface area contributed by atoms with Crippen molar-refractivity contribution in [2.24, 2.45) is 0 Å². The molecule has 0 bridgehead atoms. The van der Waals surface area contributed by atoms with Crippen LogP contribution in [0.15, 0.2) is 65.7 Å². The summed E-state index contributed by atoms with van der Waals surface area (Å²) in [5, 5.41) is 3.57. The molecule has 1 aromatic carbocycles. The number of thioether (sulfide) groups is 1. The van der Waals surface area contributed by atoms with Crippen LogP contribution in [-0.4, -0.2) is 70.6 Å². The normalized spacial score (nSPS) is 14.7. The Balaban J connectivity index is 1.35. The van der Waals surface area contributed by atoms with E-state index in [9.17, 15) is 9.59 Å². The number of thiazole rings is 1. The van der Waals surface area contributed by atoms with Gasteiger partial charge in [-0.1, -0.05) is 24.3 Å². The number of pyridine rings is 1. The monoisotopic (exact) mass is 550 g/mol. The van der Waals surface area contributed by atoms with Crippen molar-refractivity contribution in [3.8, 4) is 5.75 Å². The second-order valence-corrected chi connectivity index (χ2v) is 11.3. The number of amides is 2. The summed E-state index contributed by atoms with van der Waals surface area (Å²) in [5.41, 5.74) is 2.20. The van der Waals surface area contributed by atoms with Gasteiger partial charge in [0.05, 0.1) is 17.7 Å². The molecule has 1 fully saturated rings. The maximum absolute atomic E-state index is 13.2. The summed E-state index contributed by atoms with van der Waals surface area (Å²) in [5.74, 6) is 1.72. The van der Waals surface area contributed by atoms with Crippen molar-refractivity contribution in [1.29, 1.82) is 0 Å². The summed E-state index contributed by atoms with van der Waals surface area (Å²) in [6.45, 7) is 7.10. The van der Waals surface area contributed by atoms with Gasteiger partial charge in [0, 0.05) is 49.4 Å². The highest BCUT2D eigenvalue weighted by atomic mass is 32.2. The highest BCUT2D eigenvalue weighted by Gasteiger charge is 2.29. The van der Waals surface area contributed by atoms with E-state index in [0.29, 0.717) is 36.5 Å². The lowest BCUT2D eigenvalue weighted by Crippen LogP contribution is -2.38. The topological polar surface area (TPSA) is 75.6 Å². The van der Waals surface area contributed by atoms with Gasteiger partial charge < -0.3 is 14.5 Å². The number of hydrogen-bond acceptors (Lipinski definition) is 7. The maximum atomic E-state index is 13.2. The van der Waals surface area contributed by atoms with Crippen molar-refractivity contribution in [3.05, 3.63) is 82.5 Å². The van der Waals surface area contributed by atoms with Crippen LogP contribution in [0.25, 0.3) is 0 Å².